The third kappa shape index (κ3) is 2.97. The van der Waals surface area contributed by atoms with E-state index in [1.54, 1.807) is 0 Å². The Bertz CT molecular complexity index is 742. The zero-order chi connectivity index (χ0) is 15.6. The van der Waals surface area contributed by atoms with Gasteiger partial charge >= 0.3 is 5.63 Å². The highest BCUT2D eigenvalue weighted by Gasteiger charge is 2.18. The van der Waals surface area contributed by atoms with Gasteiger partial charge < -0.3 is 13.9 Å². The summed E-state index contributed by atoms with van der Waals surface area (Å²) in [5.41, 5.74) is 2.48. The van der Waals surface area contributed by atoms with Gasteiger partial charge in [0.1, 0.15) is 12.2 Å². The maximum Gasteiger partial charge on any atom is 0.379 e. The summed E-state index contributed by atoms with van der Waals surface area (Å²) >= 11 is 0. The second-order valence-corrected chi connectivity index (χ2v) is 5.01. The summed E-state index contributed by atoms with van der Waals surface area (Å²) in [7, 11) is 1.54. The molecule has 0 N–H and O–H groups in total. The van der Waals surface area contributed by atoms with E-state index in [2.05, 4.69) is 0 Å². The van der Waals surface area contributed by atoms with Crippen molar-refractivity contribution in [3.63, 3.8) is 0 Å². The molecule has 0 unspecified atom stereocenters. The van der Waals surface area contributed by atoms with E-state index in [0.29, 0.717) is 11.1 Å². The van der Waals surface area contributed by atoms with Crippen molar-refractivity contribution in [2.45, 2.75) is 27.4 Å². The largest absolute Gasteiger partial charge is 0.478 e. The fourth-order valence-corrected chi connectivity index (χ4v) is 2.15. The molecule has 0 radical (unpaired) electrons. The standard InChI is InChI=1S/C16H18O5/c1-9-5-6-12-13(8-19-4)15(20-7-10(2)17)16(18)21-14(12)11(9)3/h5-6H,7-8H2,1-4H3. The molecule has 0 amide bonds. The van der Waals surface area contributed by atoms with Gasteiger partial charge in [-0.15, -0.1) is 0 Å². The Morgan fingerprint density at radius 3 is 2.62 bits per heavy atom. The average molecular weight is 290 g/mol. The molecule has 0 saturated carbocycles. The molecule has 0 aliphatic heterocycles. The lowest BCUT2D eigenvalue weighted by Gasteiger charge is -2.13. The molecule has 0 atom stereocenters. The number of methoxy groups -OCH3 is 1. The van der Waals surface area contributed by atoms with Crippen molar-refractivity contribution in [2.24, 2.45) is 0 Å². The predicted octanol–water partition coefficient (Wildman–Crippen LogP) is 2.52. The number of Topliss-reactive ketones (excluding diaryl/α,β-unsaturated/α-hetero) is 1. The summed E-state index contributed by atoms with van der Waals surface area (Å²) < 4.78 is 15.9. The molecule has 5 nitrogen and oxygen atoms in total. The lowest BCUT2D eigenvalue weighted by atomic mass is 10.0. The quantitative estimate of drug-likeness (QED) is 0.792. The van der Waals surface area contributed by atoms with E-state index in [1.807, 2.05) is 26.0 Å². The number of ketones is 1. The molecule has 0 saturated heterocycles. The molecular formula is C16H18O5. The summed E-state index contributed by atoms with van der Waals surface area (Å²) in [6.45, 7) is 5.28. The van der Waals surface area contributed by atoms with Crippen LogP contribution in [-0.2, 0) is 16.1 Å². The Labute approximate surface area is 122 Å². The number of aryl methyl sites for hydroxylation is 2. The summed E-state index contributed by atoms with van der Waals surface area (Å²) in [6, 6.07) is 3.82. The number of rotatable bonds is 5. The highest BCUT2D eigenvalue weighted by molar-refractivity contribution is 5.85. The molecule has 5 heteroatoms. The molecule has 2 rings (SSSR count). The molecule has 0 bridgehead atoms. The molecular weight excluding hydrogens is 272 g/mol. The zero-order valence-electron chi connectivity index (χ0n) is 12.6. The van der Waals surface area contributed by atoms with Crippen LogP contribution in [0.3, 0.4) is 0 Å². The van der Waals surface area contributed by atoms with Crippen LogP contribution in [0.2, 0.25) is 0 Å². The Morgan fingerprint density at radius 1 is 1.29 bits per heavy atom. The molecule has 112 valence electrons. The monoisotopic (exact) mass is 290 g/mol. The first-order valence-corrected chi connectivity index (χ1v) is 6.62. The van der Waals surface area contributed by atoms with Gasteiger partial charge in [-0.2, -0.15) is 0 Å². The van der Waals surface area contributed by atoms with Crippen LogP contribution in [0.15, 0.2) is 21.3 Å². The van der Waals surface area contributed by atoms with E-state index in [-0.39, 0.29) is 24.7 Å². The zero-order valence-corrected chi connectivity index (χ0v) is 12.6. The van der Waals surface area contributed by atoms with Crippen molar-refractivity contribution in [2.75, 3.05) is 13.7 Å². The van der Waals surface area contributed by atoms with Crippen molar-refractivity contribution in [1.82, 2.24) is 0 Å². The number of fused-ring (bicyclic) bond motifs is 1. The number of benzene rings is 1. The number of carbonyl (C=O) groups is 1. The minimum Gasteiger partial charge on any atom is -0.478 e. The topological polar surface area (TPSA) is 65.7 Å². The van der Waals surface area contributed by atoms with E-state index in [1.165, 1.54) is 14.0 Å². The highest BCUT2D eigenvalue weighted by atomic mass is 16.5. The Kier molecular flexibility index (Phi) is 4.43. The second-order valence-electron chi connectivity index (χ2n) is 5.01. The first kappa shape index (κ1) is 15.3. The van der Waals surface area contributed by atoms with Crippen molar-refractivity contribution in [3.05, 3.63) is 39.2 Å². The highest BCUT2D eigenvalue weighted by Crippen LogP contribution is 2.29. The van der Waals surface area contributed by atoms with E-state index < -0.39 is 5.63 Å². The van der Waals surface area contributed by atoms with Gasteiger partial charge in [-0.3, -0.25) is 4.79 Å². The molecule has 0 aliphatic carbocycles. The van der Waals surface area contributed by atoms with Gasteiger partial charge in [-0.25, -0.2) is 4.79 Å². The third-order valence-corrected chi connectivity index (χ3v) is 3.36. The molecule has 1 aromatic carbocycles. The molecule has 21 heavy (non-hydrogen) atoms. The fourth-order valence-electron chi connectivity index (χ4n) is 2.15. The third-order valence-electron chi connectivity index (χ3n) is 3.36. The van der Waals surface area contributed by atoms with Gasteiger partial charge in [-0.05, 0) is 31.9 Å². The van der Waals surface area contributed by atoms with Crippen molar-refractivity contribution in [3.8, 4) is 5.75 Å². The molecule has 1 aromatic heterocycles. The normalized spacial score (nSPS) is 10.9. The lowest BCUT2D eigenvalue weighted by molar-refractivity contribution is -0.118. The summed E-state index contributed by atoms with van der Waals surface area (Å²) in [6.07, 6.45) is 0. The molecule has 1 heterocycles. The van der Waals surface area contributed by atoms with E-state index in [4.69, 9.17) is 13.9 Å². The van der Waals surface area contributed by atoms with Crippen LogP contribution in [0.4, 0.5) is 0 Å². The number of carbonyl (C=O) groups excluding carboxylic acids is 1. The van der Waals surface area contributed by atoms with Gasteiger partial charge in [-0.1, -0.05) is 12.1 Å². The Morgan fingerprint density at radius 2 is 2.00 bits per heavy atom. The summed E-state index contributed by atoms with van der Waals surface area (Å²) in [5.74, 6) is -0.124. The Hall–Kier alpha value is -2.14. The summed E-state index contributed by atoms with van der Waals surface area (Å²) in [4.78, 5) is 23.2. The molecule has 2 aromatic rings. The van der Waals surface area contributed by atoms with E-state index >= 15 is 0 Å². The summed E-state index contributed by atoms with van der Waals surface area (Å²) in [5, 5.41) is 0.762. The first-order chi connectivity index (χ1) is 9.95. The van der Waals surface area contributed by atoms with Crippen LogP contribution >= 0.6 is 0 Å². The van der Waals surface area contributed by atoms with Crippen LogP contribution in [0, 0.1) is 13.8 Å². The number of ether oxygens (including phenoxy) is 2. The maximum atomic E-state index is 12.1. The number of hydrogen-bond donors (Lipinski definition) is 0. The Balaban J connectivity index is 2.71. The minimum absolute atomic E-state index is 0.0443. The predicted molar refractivity (Wildman–Crippen MR) is 78.8 cm³/mol. The van der Waals surface area contributed by atoms with Crippen molar-refractivity contribution < 1.29 is 18.7 Å². The van der Waals surface area contributed by atoms with Crippen LogP contribution in [0.1, 0.15) is 23.6 Å². The molecule has 0 aliphatic rings. The van der Waals surface area contributed by atoms with Crippen molar-refractivity contribution in [1.29, 1.82) is 0 Å². The maximum absolute atomic E-state index is 12.1. The molecule has 0 spiro atoms. The number of hydrogen-bond acceptors (Lipinski definition) is 5. The van der Waals surface area contributed by atoms with Crippen LogP contribution in [-0.4, -0.2) is 19.5 Å². The first-order valence-electron chi connectivity index (χ1n) is 6.62. The van der Waals surface area contributed by atoms with Gasteiger partial charge in [0.25, 0.3) is 0 Å². The van der Waals surface area contributed by atoms with E-state index in [0.717, 1.165) is 16.5 Å². The second kappa shape index (κ2) is 6.10. The van der Waals surface area contributed by atoms with Crippen molar-refractivity contribution >= 4 is 16.8 Å². The lowest BCUT2D eigenvalue weighted by Crippen LogP contribution is -2.16. The fraction of sp³-hybridized carbons (Fsp3) is 0.375. The van der Waals surface area contributed by atoms with Gasteiger partial charge in [0.05, 0.1) is 6.61 Å². The van der Waals surface area contributed by atoms with Gasteiger partial charge in [0.2, 0.25) is 5.75 Å². The van der Waals surface area contributed by atoms with Gasteiger partial charge in [0, 0.05) is 18.1 Å². The molecule has 0 fully saturated rings. The SMILES string of the molecule is COCc1c(OCC(C)=O)c(=O)oc2c(C)c(C)ccc12. The van der Waals surface area contributed by atoms with E-state index in [9.17, 15) is 9.59 Å². The van der Waals surface area contributed by atoms with Crippen LogP contribution in [0.25, 0.3) is 11.0 Å². The minimum atomic E-state index is -0.593. The average Bonchev–Trinajstić information content (AvgIpc) is 2.43. The van der Waals surface area contributed by atoms with Gasteiger partial charge in [0.15, 0.2) is 5.78 Å². The van der Waals surface area contributed by atoms with Crippen LogP contribution in [0.5, 0.6) is 5.75 Å². The van der Waals surface area contributed by atoms with Crippen LogP contribution < -0.4 is 10.4 Å². The smallest absolute Gasteiger partial charge is 0.379 e.